The molecule has 23 heavy (non-hydrogen) atoms. The van der Waals surface area contributed by atoms with Gasteiger partial charge in [0, 0.05) is 23.8 Å². The van der Waals surface area contributed by atoms with Gasteiger partial charge >= 0.3 is 0 Å². The molecule has 2 heterocycles. The summed E-state index contributed by atoms with van der Waals surface area (Å²) in [5.74, 6) is 2.86. The molecule has 1 N–H and O–H groups in total. The maximum absolute atomic E-state index is 12.6. The van der Waals surface area contributed by atoms with E-state index in [2.05, 4.69) is 10.3 Å². The van der Waals surface area contributed by atoms with Crippen LogP contribution in [0.3, 0.4) is 0 Å². The summed E-state index contributed by atoms with van der Waals surface area (Å²) in [6, 6.07) is 0.245. The van der Waals surface area contributed by atoms with Crippen LogP contribution >= 0.6 is 11.3 Å². The highest BCUT2D eigenvalue weighted by Crippen LogP contribution is 2.58. The number of amides is 1. The minimum absolute atomic E-state index is 0.159. The van der Waals surface area contributed by atoms with Crippen molar-refractivity contribution < 1.29 is 4.79 Å². The molecule has 3 fully saturated rings. The number of nitrogens with one attached hydrogen (secondary N) is 1. The Kier molecular flexibility index (Phi) is 2.92. The first-order valence-corrected chi connectivity index (χ1v) is 9.36. The van der Waals surface area contributed by atoms with Gasteiger partial charge in [-0.1, -0.05) is 6.42 Å². The van der Waals surface area contributed by atoms with E-state index in [9.17, 15) is 9.59 Å². The lowest BCUT2D eigenvalue weighted by Crippen LogP contribution is -2.44. The van der Waals surface area contributed by atoms with Gasteiger partial charge in [0.05, 0.1) is 0 Å². The third-order valence-electron chi connectivity index (χ3n) is 6.33. The first-order valence-electron chi connectivity index (χ1n) is 8.48. The van der Waals surface area contributed by atoms with E-state index < -0.39 is 0 Å². The maximum atomic E-state index is 12.6. The molecule has 5 rings (SSSR count). The van der Waals surface area contributed by atoms with Crippen LogP contribution in [0.2, 0.25) is 0 Å². The normalized spacial score (nSPS) is 34.9. The highest BCUT2D eigenvalue weighted by atomic mass is 32.1. The van der Waals surface area contributed by atoms with Gasteiger partial charge in [0.25, 0.3) is 11.5 Å². The fraction of sp³-hybridized carbons (Fsp3) is 0.588. The van der Waals surface area contributed by atoms with Crippen molar-refractivity contribution in [2.24, 2.45) is 23.7 Å². The van der Waals surface area contributed by atoms with Gasteiger partial charge in [-0.05, 0) is 49.4 Å². The molecule has 0 radical (unpaired) electrons. The minimum Gasteiger partial charge on any atom is -0.349 e. The zero-order valence-corrected chi connectivity index (χ0v) is 13.6. The molecule has 3 aliphatic rings. The SMILES string of the molecule is O=C(NC1CC2CC1C1CCCC21)c1cnc2sccn2c1=O. The largest absolute Gasteiger partial charge is 0.349 e. The quantitative estimate of drug-likeness (QED) is 0.919. The van der Waals surface area contributed by atoms with Crippen LogP contribution in [0.1, 0.15) is 42.5 Å². The van der Waals surface area contributed by atoms with E-state index in [1.54, 1.807) is 6.20 Å². The van der Waals surface area contributed by atoms with Crippen LogP contribution < -0.4 is 10.9 Å². The number of aromatic nitrogens is 2. The van der Waals surface area contributed by atoms with Gasteiger partial charge < -0.3 is 5.32 Å². The van der Waals surface area contributed by atoms with Crippen LogP contribution in [0.15, 0.2) is 22.6 Å². The number of rotatable bonds is 2. The molecular formula is C17H19N3O2S. The average molecular weight is 329 g/mol. The predicted molar refractivity (Wildman–Crippen MR) is 87.6 cm³/mol. The molecule has 2 aromatic heterocycles. The molecule has 0 aromatic carbocycles. The van der Waals surface area contributed by atoms with Crippen molar-refractivity contribution in [3.8, 4) is 0 Å². The van der Waals surface area contributed by atoms with E-state index in [1.807, 2.05) is 5.38 Å². The fourth-order valence-corrected chi connectivity index (χ4v) is 6.14. The predicted octanol–water partition coefficient (Wildman–Crippen LogP) is 2.31. The van der Waals surface area contributed by atoms with Crippen LogP contribution in [0.4, 0.5) is 0 Å². The average Bonchev–Trinajstić information content (AvgIpc) is 3.29. The zero-order chi connectivity index (χ0) is 15.6. The number of fused-ring (bicyclic) bond motifs is 6. The molecule has 0 spiro atoms. The summed E-state index contributed by atoms with van der Waals surface area (Å²) in [7, 11) is 0. The van der Waals surface area contributed by atoms with E-state index in [0.29, 0.717) is 10.9 Å². The summed E-state index contributed by atoms with van der Waals surface area (Å²) >= 11 is 1.40. The number of carbonyl (C=O) groups excluding carboxylic acids is 1. The molecule has 5 nitrogen and oxygen atoms in total. The van der Waals surface area contributed by atoms with E-state index in [0.717, 1.165) is 24.2 Å². The Balaban J connectivity index is 1.39. The number of carbonyl (C=O) groups is 1. The third-order valence-corrected chi connectivity index (χ3v) is 7.10. The fourth-order valence-electron chi connectivity index (χ4n) is 5.46. The highest BCUT2D eigenvalue weighted by Gasteiger charge is 2.54. The summed E-state index contributed by atoms with van der Waals surface area (Å²) in [5.41, 5.74) is -0.109. The molecule has 3 saturated carbocycles. The molecule has 5 atom stereocenters. The van der Waals surface area contributed by atoms with Crippen molar-refractivity contribution in [2.45, 2.75) is 38.1 Å². The Morgan fingerprint density at radius 2 is 2.13 bits per heavy atom. The second kappa shape index (κ2) is 4.90. The van der Waals surface area contributed by atoms with Crippen molar-refractivity contribution in [3.63, 3.8) is 0 Å². The summed E-state index contributed by atoms with van der Waals surface area (Å²) in [4.78, 5) is 29.9. The minimum atomic E-state index is -0.268. The summed E-state index contributed by atoms with van der Waals surface area (Å²) in [6.07, 6.45) is 9.51. The maximum Gasteiger partial charge on any atom is 0.271 e. The number of hydrogen-bond donors (Lipinski definition) is 1. The van der Waals surface area contributed by atoms with Gasteiger partial charge in [-0.15, -0.1) is 11.3 Å². The van der Waals surface area contributed by atoms with Gasteiger partial charge in [-0.2, -0.15) is 0 Å². The molecule has 2 aromatic rings. The lowest BCUT2D eigenvalue weighted by Gasteiger charge is -2.32. The third kappa shape index (κ3) is 1.94. The molecule has 0 aliphatic heterocycles. The molecule has 1 amide bonds. The van der Waals surface area contributed by atoms with Crippen LogP contribution in [0.5, 0.6) is 0 Å². The lowest BCUT2D eigenvalue weighted by molar-refractivity contribution is 0.0899. The Bertz CT molecular complexity index is 842. The van der Waals surface area contributed by atoms with Crippen LogP contribution in [-0.2, 0) is 0 Å². The van der Waals surface area contributed by atoms with Crippen molar-refractivity contribution in [3.05, 3.63) is 33.7 Å². The summed E-state index contributed by atoms with van der Waals surface area (Å²) in [6.45, 7) is 0. The second-order valence-electron chi connectivity index (χ2n) is 7.27. The van der Waals surface area contributed by atoms with E-state index in [1.165, 1.54) is 47.6 Å². The van der Waals surface area contributed by atoms with Crippen LogP contribution in [0.25, 0.3) is 4.96 Å². The van der Waals surface area contributed by atoms with Crippen LogP contribution in [-0.4, -0.2) is 21.3 Å². The molecule has 0 saturated heterocycles. The monoisotopic (exact) mass is 329 g/mol. The number of hydrogen-bond acceptors (Lipinski definition) is 4. The molecule has 6 heteroatoms. The lowest BCUT2D eigenvalue weighted by atomic mass is 9.79. The van der Waals surface area contributed by atoms with Gasteiger partial charge in [0.1, 0.15) is 5.56 Å². The Morgan fingerprint density at radius 3 is 3.04 bits per heavy atom. The first kappa shape index (κ1) is 13.7. The molecule has 5 unspecified atom stereocenters. The van der Waals surface area contributed by atoms with E-state index >= 15 is 0 Å². The standard InChI is InChI=1S/C17H19N3O2S/c21-15(13-8-18-17-20(16(13)22)4-5-23-17)19-14-7-9-6-12(14)11-3-1-2-10(9)11/h4-5,8-12,14H,1-3,6-7H2,(H,19,21). The molecule has 2 bridgehead atoms. The van der Waals surface area contributed by atoms with Gasteiger partial charge in [0.15, 0.2) is 4.96 Å². The van der Waals surface area contributed by atoms with Crippen molar-refractivity contribution in [2.75, 3.05) is 0 Å². The smallest absolute Gasteiger partial charge is 0.271 e. The van der Waals surface area contributed by atoms with E-state index in [4.69, 9.17) is 0 Å². The number of nitrogens with zero attached hydrogens (tertiary/aromatic N) is 2. The Morgan fingerprint density at radius 1 is 1.26 bits per heavy atom. The van der Waals surface area contributed by atoms with Crippen LogP contribution in [0, 0.1) is 23.7 Å². The highest BCUT2D eigenvalue weighted by molar-refractivity contribution is 7.15. The number of thiazole rings is 1. The Labute approximate surface area is 137 Å². The van der Waals surface area contributed by atoms with E-state index in [-0.39, 0.29) is 23.1 Å². The van der Waals surface area contributed by atoms with Gasteiger partial charge in [-0.3, -0.25) is 14.0 Å². The molecule has 120 valence electrons. The molecule has 3 aliphatic carbocycles. The topological polar surface area (TPSA) is 63.5 Å². The van der Waals surface area contributed by atoms with Gasteiger partial charge in [-0.25, -0.2) is 4.98 Å². The van der Waals surface area contributed by atoms with Crippen molar-refractivity contribution in [1.82, 2.24) is 14.7 Å². The molecular weight excluding hydrogens is 310 g/mol. The summed E-state index contributed by atoms with van der Waals surface area (Å²) in [5, 5.41) is 4.96. The van der Waals surface area contributed by atoms with Crippen molar-refractivity contribution in [1.29, 1.82) is 0 Å². The Hall–Kier alpha value is -1.69. The van der Waals surface area contributed by atoms with Crippen molar-refractivity contribution >= 4 is 22.2 Å². The first-order chi connectivity index (χ1) is 11.2. The second-order valence-corrected chi connectivity index (χ2v) is 8.14. The summed E-state index contributed by atoms with van der Waals surface area (Å²) < 4.78 is 1.45. The zero-order valence-electron chi connectivity index (χ0n) is 12.8. The van der Waals surface area contributed by atoms with Gasteiger partial charge in [0.2, 0.25) is 0 Å².